The third-order valence-corrected chi connectivity index (χ3v) is 8.58. The Labute approximate surface area is 286 Å². The molecule has 0 aliphatic heterocycles. The van der Waals surface area contributed by atoms with E-state index in [-0.39, 0.29) is 17.4 Å². The molecule has 1 aromatic heterocycles. The Hall–Kier alpha value is -5.59. The number of ether oxygens (including phenoxy) is 3. The van der Waals surface area contributed by atoms with Crippen LogP contribution in [-0.2, 0) is 9.59 Å². The summed E-state index contributed by atoms with van der Waals surface area (Å²) in [7, 11) is 4.66. The van der Waals surface area contributed by atoms with Crippen LogP contribution >= 0.6 is 23.1 Å². The van der Waals surface area contributed by atoms with E-state index in [0.717, 1.165) is 21.9 Å². The van der Waals surface area contributed by atoms with Gasteiger partial charge in [-0.05, 0) is 66.2 Å². The first-order chi connectivity index (χ1) is 23.3. The zero-order chi connectivity index (χ0) is 33.9. The molecule has 0 atom stereocenters. The van der Waals surface area contributed by atoms with Crippen molar-refractivity contribution in [3.63, 3.8) is 0 Å². The predicted octanol–water partition coefficient (Wildman–Crippen LogP) is 6.98. The van der Waals surface area contributed by atoms with Gasteiger partial charge >= 0.3 is 0 Å². The smallest absolute Gasteiger partial charge is 0.272 e. The summed E-state index contributed by atoms with van der Waals surface area (Å²) < 4.78 is 16.0. The molecule has 0 spiro atoms. The molecule has 4 aromatic carbocycles. The highest BCUT2D eigenvalue weighted by atomic mass is 32.2. The van der Waals surface area contributed by atoms with Crippen LogP contribution in [0.3, 0.4) is 0 Å². The number of aromatic nitrogens is 1. The quantitative estimate of drug-likeness (QED) is 0.0899. The Morgan fingerprint density at radius 1 is 0.812 bits per heavy atom. The van der Waals surface area contributed by atoms with E-state index < -0.39 is 11.8 Å². The molecule has 5 rings (SSSR count). The van der Waals surface area contributed by atoms with E-state index in [1.165, 1.54) is 37.3 Å². The van der Waals surface area contributed by atoms with Crippen LogP contribution in [0.15, 0.2) is 113 Å². The molecule has 3 N–H and O–H groups in total. The van der Waals surface area contributed by atoms with Gasteiger partial charge in [-0.25, -0.2) is 4.98 Å². The molecule has 0 aliphatic carbocycles. The molecule has 12 heteroatoms. The highest BCUT2D eigenvalue weighted by Crippen LogP contribution is 2.30. The van der Waals surface area contributed by atoms with Gasteiger partial charge in [0.05, 0.1) is 32.8 Å². The van der Waals surface area contributed by atoms with Crippen LogP contribution in [0.4, 0.5) is 10.8 Å². The van der Waals surface area contributed by atoms with Gasteiger partial charge in [-0.3, -0.25) is 14.4 Å². The van der Waals surface area contributed by atoms with E-state index in [1.54, 1.807) is 79.9 Å². The van der Waals surface area contributed by atoms with E-state index >= 15 is 0 Å². The van der Waals surface area contributed by atoms with Crippen LogP contribution < -0.4 is 30.2 Å². The number of anilines is 2. The molecule has 244 valence electrons. The van der Waals surface area contributed by atoms with Gasteiger partial charge in [0, 0.05) is 27.1 Å². The standard InChI is InChI=1S/C36H32N4O6S2/c1-44-27-13-7-11-25(19-27)30-21-48-36(39-30)40-33(41)22-47-28-14-8-12-26(20-28)37-35(43)29(38-34(42)24-9-5-4-6-10-24)17-23-15-16-31(45-2)32(18-23)46-3/h4-21H,22H2,1-3H3,(H,37,43)(H,38,42)(H,39,40,41)/b29-17+. The van der Waals surface area contributed by atoms with Gasteiger partial charge < -0.3 is 30.2 Å². The largest absolute Gasteiger partial charge is 0.497 e. The first kappa shape index (κ1) is 33.8. The lowest BCUT2D eigenvalue weighted by Gasteiger charge is -2.13. The zero-order valence-electron chi connectivity index (χ0n) is 26.3. The first-order valence-corrected chi connectivity index (χ1v) is 16.5. The fourth-order valence-electron chi connectivity index (χ4n) is 4.46. The van der Waals surface area contributed by atoms with Crippen molar-refractivity contribution >= 4 is 57.7 Å². The summed E-state index contributed by atoms with van der Waals surface area (Å²) in [6, 6.07) is 28.4. The second-order valence-electron chi connectivity index (χ2n) is 10.1. The van der Waals surface area contributed by atoms with E-state index in [0.29, 0.717) is 33.4 Å². The Kier molecular flexibility index (Phi) is 11.5. The number of methoxy groups -OCH3 is 3. The molecule has 0 aliphatic rings. The van der Waals surface area contributed by atoms with Crippen LogP contribution in [0.5, 0.6) is 17.2 Å². The number of carbonyl (C=O) groups excluding carboxylic acids is 3. The number of benzene rings is 4. The third-order valence-electron chi connectivity index (χ3n) is 6.83. The number of thiazole rings is 1. The lowest BCUT2D eigenvalue weighted by Crippen LogP contribution is -2.30. The normalized spacial score (nSPS) is 10.9. The molecule has 1 heterocycles. The van der Waals surface area contributed by atoms with Gasteiger partial charge in [-0.1, -0.05) is 42.5 Å². The number of carbonyl (C=O) groups is 3. The number of nitrogens with zero attached hydrogens (tertiary/aromatic N) is 1. The summed E-state index contributed by atoms with van der Waals surface area (Å²) in [5.74, 6) is 0.659. The monoisotopic (exact) mass is 680 g/mol. The van der Waals surface area contributed by atoms with Gasteiger partial charge in [0.25, 0.3) is 11.8 Å². The molecule has 0 radical (unpaired) electrons. The zero-order valence-corrected chi connectivity index (χ0v) is 27.9. The molecular formula is C36H32N4O6S2. The Morgan fingerprint density at radius 2 is 1.60 bits per heavy atom. The maximum absolute atomic E-state index is 13.5. The van der Waals surface area contributed by atoms with Crippen LogP contribution in [0.1, 0.15) is 15.9 Å². The summed E-state index contributed by atoms with van der Waals surface area (Å²) in [5.41, 5.74) is 3.14. The fourth-order valence-corrected chi connectivity index (χ4v) is 5.95. The molecule has 3 amide bonds. The lowest BCUT2D eigenvalue weighted by atomic mass is 10.1. The maximum atomic E-state index is 13.5. The molecule has 0 unspecified atom stereocenters. The number of rotatable bonds is 13. The second kappa shape index (κ2) is 16.3. The minimum absolute atomic E-state index is 0.0188. The topological polar surface area (TPSA) is 128 Å². The number of amides is 3. The molecule has 0 fully saturated rings. The summed E-state index contributed by atoms with van der Waals surface area (Å²) in [4.78, 5) is 44.6. The summed E-state index contributed by atoms with van der Waals surface area (Å²) >= 11 is 2.65. The van der Waals surface area contributed by atoms with Crippen molar-refractivity contribution in [3.8, 4) is 28.5 Å². The fraction of sp³-hybridized carbons (Fsp3) is 0.111. The number of nitrogens with one attached hydrogen (secondary N) is 3. The van der Waals surface area contributed by atoms with Crippen LogP contribution in [-0.4, -0.2) is 49.8 Å². The van der Waals surface area contributed by atoms with Crippen molar-refractivity contribution in [1.82, 2.24) is 10.3 Å². The average Bonchev–Trinajstić information content (AvgIpc) is 3.59. The van der Waals surface area contributed by atoms with Crippen molar-refractivity contribution in [2.45, 2.75) is 4.90 Å². The van der Waals surface area contributed by atoms with Crippen molar-refractivity contribution in [3.05, 3.63) is 119 Å². The number of hydrogen-bond acceptors (Lipinski definition) is 9. The van der Waals surface area contributed by atoms with Gasteiger partial charge in [0.15, 0.2) is 16.6 Å². The van der Waals surface area contributed by atoms with Gasteiger partial charge in [0.2, 0.25) is 5.91 Å². The minimum atomic E-state index is -0.537. The van der Waals surface area contributed by atoms with Crippen molar-refractivity contribution in [1.29, 1.82) is 0 Å². The van der Waals surface area contributed by atoms with Crippen LogP contribution in [0.25, 0.3) is 17.3 Å². The first-order valence-electron chi connectivity index (χ1n) is 14.6. The van der Waals surface area contributed by atoms with E-state index in [1.807, 2.05) is 35.7 Å². The summed E-state index contributed by atoms with van der Waals surface area (Å²) in [5, 5.41) is 10.8. The highest BCUT2D eigenvalue weighted by Gasteiger charge is 2.17. The molecule has 0 saturated heterocycles. The Morgan fingerprint density at radius 3 is 2.38 bits per heavy atom. The summed E-state index contributed by atoms with van der Waals surface area (Å²) in [6.07, 6.45) is 1.55. The Bertz CT molecular complexity index is 1940. The molecule has 0 bridgehead atoms. The van der Waals surface area contributed by atoms with E-state index in [4.69, 9.17) is 14.2 Å². The Balaban J connectivity index is 1.25. The average molecular weight is 681 g/mol. The summed E-state index contributed by atoms with van der Waals surface area (Å²) in [6.45, 7) is 0. The van der Waals surface area contributed by atoms with Crippen LogP contribution in [0, 0.1) is 0 Å². The van der Waals surface area contributed by atoms with E-state index in [2.05, 4.69) is 20.9 Å². The van der Waals surface area contributed by atoms with Gasteiger partial charge in [-0.15, -0.1) is 23.1 Å². The number of hydrogen-bond donors (Lipinski definition) is 3. The molecular weight excluding hydrogens is 649 g/mol. The lowest BCUT2D eigenvalue weighted by molar-refractivity contribution is -0.114. The SMILES string of the molecule is COc1cccc(-c2csc(NC(=O)CSc3cccc(NC(=O)/C(=C\c4ccc(OC)c(OC)c4)NC(=O)c4ccccc4)c3)n2)c1. The van der Waals surface area contributed by atoms with Gasteiger partial charge in [-0.2, -0.15) is 0 Å². The molecule has 0 saturated carbocycles. The van der Waals surface area contributed by atoms with E-state index in [9.17, 15) is 14.4 Å². The second-order valence-corrected chi connectivity index (χ2v) is 12.0. The van der Waals surface area contributed by atoms with Gasteiger partial charge in [0.1, 0.15) is 11.4 Å². The third kappa shape index (κ3) is 9.02. The van der Waals surface area contributed by atoms with Crippen molar-refractivity contribution in [2.24, 2.45) is 0 Å². The molecule has 5 aromatic rings. The van der Waals surface area contributed by atoms with Crippen LogP contribution in [0.2, 0.25) is 0 Å². The number of thioether (sulfide) groups is 1. The predicted molar refractivity (Wildman–Crippen MR) is 190 cm³/mol. The molecule has 10 nitrogen and oxygen atoms in total. The van der Waals surface area contributed by atoms with Crippen molar-refractivity contribution < 1.29 is 28.6 Å². The molecule has 48 heavy (non-hydrogen) atoms. The maximum Gasteiger partial charge on any atom is 0.272 e. The highest BCUT2D eigenvalue weighted by molar-refractivity contribution is 8.00. The minimum Gasteiger partial charge on any atom is -0.497 e. The van der Waals surface area contributed by atoms with Crippen molar-refractivity contribution in [2.75, 3.05) is 37.7 Å².